The normalized spacial score (nSPS) is 10.0. The standard InChI is InChI=1S/C15H15N3O4/c19-14-10-12(18(21)22)6-7-13(14)17-15(20)16-9-8-11-4-2-1-3-5-11/h1-7,10,19H,8-9H2,(H2,16,17,20). The number of carbonyl (C=O) groups is 1. The van der Waals surface area contributed by atoms with E-state index < -0.39 is 11.0 Å². The number of benzene rings is 2. The fourth-order valence-electron chi connectivity index (χ4n) is 1.87. The van der Waals surface area contributed by atoms with E-state index in [2.05, 4.69) is 10.6 Å². The lowest BCUT2D eigenvalue weighted by molar-refractivity contribution is -0.384. The molecule has 7 nitrogen and oxygen atoms in total. The summed E-state index contributed by atoms with van der Waals surface area (Å²) in [7, 11) is 0. The lowest BCUT2D eigenvalue weighted by Gasteiger charge is -2.09. The summed E-state index contributed by atoms with van der Waals surface area (Å²) in [5.41, 5.74) is 0.969. The zero-order valence-electron chi connectivity index (χ0n) is 11.7. The van der Waals surface area contributed by atoms with Crippen molar-refractivity contribution in [1.29, 1.82) is 0 Å². The Labute approximate surface area is 126 Å². The van der Waals surface area contributed by atoms with Crippen LogP contribution in [-0.2, 0) is 6.42 Å². The fourth-order valence-corrected chi connectivity index (χ4v) is 1.87. The molecule has 7 heteroatoms. The molecule has 0 aliphatic rings. The van der Waals surface area contributed by atoms with Gasteiger partial charge in [-0.2, -0.15) is 0 Å². The second-order valence-electron chi connectivity index (χ2n) is 4.58. The summed E-state index contributed by atoms with van der Waals surface area (Å²) >= 11 is 0. The number of rotatable bonds is 5. The third kappa shape index (κ3) is 4.20. The van der Waals surface area contributed by atoms with E-state index in [1.165, 1.54) is 12.1 Å². The predicted octanol–water partition coefficient (Wildman–Crippen LogP) is 2.66. The molecule has 0 atom stereocenters. The number of phenols is 1. The maximum Gasteiger partial charge on any atom is 0.319 e. The van der Waals surface area contributed by atoms with E-state index in [4.69, 9.17) is 0 Å². The van der Waals surface area contributed by atoms with E-state index in [0.29, 0.717) is 13.0 Å². The highest BCUT2D eigenvalue weighted by Crippen LogP contribution is 2.27. The summed E-state index contributed by atoms with van der Waals surface area (Å²) in [5.74, 6) is -0.354. The van der Waals surface area contributed by atoms with E-state index in [1.807, 2.05) is 30.3 Å². The van der Waals surface area contributed by atoms with E-state index in [1.54, 1.807) is 0 Å². The van der Waals surface area contributed by atoms with Crippen molar-refractivity contribution in [2.75, 3.05) is 11.9 Å². The topological polar surface area (TPSA) is 104 Å². The SMILES string of the molecule is O=C(NCCc1ccccc1)Nc1ccc([N+](=O)[O-])cc1O. The Morgan fingerprint density at radius 2 is 1.91 bits per heavy atom. The second kappa shape index (κ2) is 7.07. The van der Waals surface area contributed by atoms with Gasteiger partial charge in [0.1, 0.15) is 5.75 Å². The molecule has 0 radical (unpaired) electrons. The van der Waals surface area contributed by atoms with Gasteiger partial charge in [0.2, 0.25) is 0 Å². The first-order valence-electron chi connectivity index (χ1n) is 6.62. The Bertz CT molecular complexity index is 674. The second-order valence-corrected chi connectivity index (χ2v) is 4.58. The van der Waals surface area contributed by atoms with Crippen molar-refractivity contribution >= 4 is 17.4 Å². The molecule has 0 bridgehead atoms. The number of urea groups is 1. The molecule has 22 heavy (non-hydrogen) atoms. The average molecular weight is 301 g/mol. The third-order valence-electron chi connectivity index (χ3n) is 2.98. The number of nitrogens with one attached hydrogen (secondary N) is 2. The van der Waals surface area contributed by atoms with Crippen LogP contribution in [-0.4, -0.2) is 22.6 Å². The minimum atomic E-state index is -0.622. The molecule has 0 aromatic heterocycles. The van der Waals surface area contributed by atoms with Crippen molar-refractivity contribution in [3.8, 4) is 5.75 Å². The number of phenolic OH excluding ortho intramolecular Hbond substituents is 1. The minimum absolute atomic E-state index is 0.114. The maximum absolute atomic E-state index is 11.7. The van der Waals surface area contributed by atoms with Crippen molar-refractivity contribution in [1.82, 2.24) is 5.32 Å². The lowest BCUT2D eigenvalue weighted by Crippen LogP contribution is -2.30. The zero-order chi connectivity index (χ0) is 15.9. The van der Waals surface area contributed by atoms with Gasteiger partial charge in [-0.3, -0.25) is 10.1 Å². The highest BCUT2D eigenvalue weighted by molar-refractivity contribution is 5.91. The first-order valence-corrected chi connectivity index (χ1v) is 6.62. The van der Waals surface area contributed by atoms with Crippen LogP contribution in [0.25, 0.3) is 0 Å². The number of aromatic hydroxyl groups is 1. The number of nitrogens with zero attached hydrogens (tertiary/aromatic N) is 1. The smallest absolute Gasteiger partial charge is 0.319 e. The largest absolute Gasteiger partial charge is 0.506 e. The van der Waals surface area contributed by atoms with Crippen LogP contribution in [0.5, 0.6) is 5.75 Å². The van der Waals surface area contributed by atoms with E-state index in [9.17, 15) is 20.0 Å². The molecule has 0 aliphatic carbocycles. The van der Waals surface area contributed by atoms with Gasteiger partial charge in [-0.1, -0.05) is 30.3 Å². The summed E-state index contributed by atoms with van der Waals surface area (Å²) in [6.07, 6.45) is 0.681. The van der Waals surface area contributed by atoms with Crippen molar-refractivity contribution in [3.63, 3.8) is 0 Å². The van der Waals surface area contributed by atoms with Gasteiger partial charge in [-0.15, -0.1) is 0 Å². The lowest BCUT2D eigenvalue weighted by atomic mass is 10.1. The zero-order valence-corrected chi connectivity index (χ0v) is 11.7. The number of nitro groups is 1. The highest BCUT2D eigenvalue weighted by Gasteiger charge is 2.11. The first kappa shape index (κ1) is 15.3. The summed E-state index contributed by atoms with van der Waals surface area (Å²) < 4.78 is 0. The van der Waals surface area contributed by atoms with Crippen molar-refractivity contribution in [3.05, 3.63) is 64.2 Å². The number of anilines is 1. The predicted molar refractivity (Wildman–Crippen MR) is 81.9 cm³/mol. The number of non-ortho nitro benzene ring substituents is 1. The fraction of sp³-hybridized carbons (Fsp3) is 0.133. The van der Waals surface area contributed by atoms with Crippen LogP contribution in [0, 0.1) is 10.1 Å². The van der Waals surface area contributed by atoms with Gasteiger partial charge < -0.3 is 15.7 Å². The quantitative estimate of drug-likeness (QED) is 0.448. The maximum atomic E-state index is 11.7. The Balaban J connectivity index is 1.85. The van der Waals surface area contributed by atoms with Crippen molar-refractivity contribution in [2.45, 2.75) is 6.42 Å². The number of carbonyl (C=O) groups excluding carboxylic acids is 1. The molecular formula is C15H15N3O4. The third-order valence-corrected chi connectivity index (χ3v) is 2.98. The Kier molecular flexibility index (Phi) is 4.92. The number of hydrogen-bond donors (Lipinski definition) is 3. The van der Waals surface area contributed by atoms with Gasteiger partial charge in [-0.25, -0.2) is 4.79 Å². The molecule has 3 N–H and O–H groups in total. The molecule has 0 aliphatic heterocycles. The molecule has 0 spiro atoms. The number of nitro benzene ring substituents is 1. The summed E-state index contributed by atoms with van der Waals surface area (Å²) in [4.78, 5) is 21.6. The summed E-state index contributed by atoms with van der Waals surface area (Å²) in [6, 6.07) is 12.7. The van der Waals surface area contributed by atoms with Crippen molar-refractivity contribution in [2.24, 2.45) is 0 Å². The van der Waals surface area contributed by atoms with E-state index >= 15 is 0 Å². The number of amides is 2. The molecule has 0 saturated heterocycles. The molecule has 2 rings (SSSR count). The molecule has 2 aromatic rings. The van der Waals surface area contributed by atoms with Crippen LogP contribution in [0.15, 0.2) is 48.5 Å². The molecule has 0 fully saturated rings. The Morgan fingerprint density at radius 3 is 2.55 bits per heavy atom. The van der Waals surface area contributed by atoms with E-state index in [0.717, 1.165) is 11.6 Å². The van der Waals surface area contributed by atoms with Crippen LogP contribution in [0.3, 0.4) is 0 Å². The Morgan fingerprint density at radius 1 is 1.18 bits per heavy atom. The molecule has 114 valence electrons. The van der Waals surface area contributed by atoms with Crippen LogP contribution in [0.4, 0.5) is 16.2 Å². The molecule has 0 heterocycles. The van der Waals surface area contributed by atoms with Crippen LogP contribution < -0.4 is 10.6 Å². The van der Waals surface area contributed by atoms with E-state index in [-0.39, 0.29) is 17.1 Å². The summed E-state index contributed by atoms with van der Waals surface area (Å²) in [5, 5.41) is 25.3. The number of hydrogen-bond acceptors (Lipinski definition) is 4. The van der Waals surface area contributed by atoms with Crippen LogP contribution in [0.2, 0.25) is 0 Å². The minimum Gasteiger partial charge on any atom is -0.506 e. The Hall–Kier alpha value is -3.09. The molecular weight excluding hydrogens is 286 g/mol. The van der Waals surface area contributed by atoms with Gasteiger partial charge in [0.15, 0.2) is 0 Å². The molecule has 0 unspecified atom stereocenters. The van der Waals surface area contributed by atoms with Gasteiger partial charge >= 0.3 is 6.03 Å². The van der Waals surface area contributed by atoms with Crippen LogP contribution >= 0.6 is 0 Å². The average Bonchev–Trinajstić information content (AvgIpc) is 2.50. The summed E-state index contributed by atoms with van der Waals surface area (Å²) in [6.45, 7) is 0.434. The van der Waals surface area contributed by atoms with Gasteiger partial charge in [0, 0.05) is 12.6 Å². The molecule has 2 amide bonds. The molecule has 0 saturated carbocycles. The monoisotopic (exact) mass is 301 g/mol. The van der Waals surface area contributed by atoms with Gasteiger partial charge in [-0.05, 0) is 18.1 Å². The highest BCUT2D eigenvalue weighted by atomic mass is 16.6. The van der Waals surface area contributed by atoms with Crippen molar-refractivity contribution < 1.29 is 14.8 Å². The van der Waals surface area contributed by atoms with Gasteiger partial charge in [0.25, 0.3) is 5.69 Å². The van der Waals surface area contributed by atoms with Gasteiger partial charge in [0.05, 0.1) is 16.7 Å². The molecule has 2 aromatic carbocycles. The van der Waals surface area contributed by atoms with Crippen LogP contribution in [0.1, 0.15) is 5.56 Å². The first-order chi connectivity index (χ1) is 10.6.